The number of hydrogen-bond donors (Lipinski definition) is 6. The molecule has 2 amide bonds. The number of aliphatic hydroxyl groups is 3. The number of Topliss-reactive ketones (excluding diaryl/α,β-unsaturated/α-hetero) is 2. The Hall–Kier alpha value is -10.7. The number of alkyl carbamates (subject to hydrolysis) is 2. The van der Waals surface area contributed by atoms with Gasteiger partial charge in [-0.3, -0.25) is 29.2 Å². The van der Waals surface area contributed by atoms with E-state index in [1.54, 1.807) is 69.6 Å². The molecule has 14 atom stereocenters. The van der Waals surface area contributed by atoms with Crippen molar-refractivity contribution in [2.45, 2.75) is 216 Å². The van der Waals surface area contributed by atoms with Crippen molar-refractivity contribution in [3.63, 3.8) is 0 Å². The lowest BCUT2D eigenvalue weighted by Crippen LogP contribution is -2.74. The van der Waals surface area contributed by atoms with Gasteiger partial charge >= 0.3 is 24.1 Å². The maximum Gasteiger partial charge on any atom is 0.408 e. The number of nitriles is 2. The monoisotopic (exact) mass is 1770 g/mol. The Kier molecular flexibility index (Phi) is 24.5. The molecule has 8 heterocycles. The van der Waals surface area contributed by atoms with E-state index < -0.39 is 106 Å². The van der Waals surface area contributed by atoms with Crippen molar-refractivity contribution in [1.82, 2.24) is 30.2 Å². The number of carbonyl (C=O) groups excluding carboxylic acids is 5. The molecule has 6 aromatic rings. The van der Waals surface area contributed by atoms with Gasteiger partial charge in [-0.25, -0.2) is 19.2 Å². The number of nitrogens with zero attached hydrogens (tertiary/aromatic N) is 6. The fourth-order valence-electron chi connectivity index (χ4n) is 22.3. The third kappa shape index (κ3) is 15.6. The minimum Gasteiger partial charge on any atom is -0.496 e. The zero-order valence-corrected chi connectivity index (χ0v) is 76.0. The number of aliphatic carboxylic acids is 1. The highest BCUT2D eigenvalue weighted by molar-refractivity contribution is 7.99. The van der Waals surface area contributed by atoms with E-state index in [1.165, 1.54) is 68.0 Å². The van der Waals surface area contributed by atoms with Crippen LogP contribution in [0.15, 0.2) is 155 Å². The van der Waals surface area contributed by atoms with Gasteiger partial charge in [0, 0.05) is 94.1 Å². The molecule has 27 nitrogen and oxygen atoms in total. The van der Waals surface area contributed by atoms with Crippen LogP contribution in [0.3, 0.4) is 0 Å². The highest BCUT2D eigenvalue weighted by Crippen LogP contribution is 2.59. The number of ketones is 2. The van der Waals surface area contributed by atoms with Gasteiger partial charge in [0.2, 0.25) is 13.6 Å². The Labute approximate surface area is 748 Å². The first-order valence-electron chi connectivity index (χ1n) is 43.1. The van der Waals surface area contributed by atoms with Crippen molar-refractivity contribution < 1.29 is 91.8 Å². The standard InChI is InChI=1S/C49H54N4O9S.C27H31N3O6.C22H25NO4S/c1-25-17-28-18-35-37(20-50)53-36(41(52(35)7)39(28)26(2)42(25)58-8)19-49(57)40(44-43(60-24-61-44)27(3)45(49)54)38(53)21-59-46(55)34(51-47(56)62-48(4,5)6)23-63-22-33-31-15-11-9-13-29(31)30-14-10-12-16-32(30)33;1-12-6-15-7-16-18(9-28)30-17(22(29(16)4)20(15)13(2)23(12)34-5)8-27(33)21(19(30)10-31)25-24(35-11-36-25)14(3)26(27)32;1-22(2,3)27-21(26)23-19(20(24)25)13-28-12-18-16-10-6-4-8-14(16)15-9-5-7-11-17(15)18/h9-17,33-38,41,57H,18-19,21-24H2,1-8H3,(H,51,56);6,16-19,22,31,33H,7-8,10-11H2,1-5H3;4-11,18-19H,12-13H2,1-3H3,(H,23,26)(H,24,25)/t34?,35-,36?,37-,38-,41-,49?;16-,17?,18-,19-,22-,27?;/m00./s1. The molecule has 4 aliphatic carbocycles. The van der Waals surface area contributed by atoms with Gasteiger partial charge in [-0.05, 0) is 199 Å². The maximum atomic E-state index is 14.5. The van der Waals surface area contributed by atoms with Gasteiger partial charge in [0.1, 0.15) is 53.5 Å². The number of carboxylic acids is 1. The van der Waals surface area contributed by atoms with Crippen LogP contribution >= 0.6 is 23.5 Å². The fourth-order valence-corrected chi connectivity index (χ4v) is 24.6. The Bertz CT molecular complexity index is 5630. The number of carboxylic acid groups (broad SMARTS) is 1. The number of aliphatic hydroxyl groups excluding tert-OH is 1. The molecule has 127 heavy (non-hydrogen) atoms. The van der Waals surface area contributed by atoms with Crippen molar-refractivity contribution in [3.05, 3.63) is 221 Å². The first-order chi connectivity index (χ1) is 60.5. The highest BCUT2D eigenvalue weighted by atomic mass is 32.2. The summed E-state index contributed by atoms with van der Waals surface area (Å²) in [6, 6.07) is 35.5. The van der Waals surface area contributed by atoms with Crippen molar-refractivity contribution in [1.29, 1.82) is 10.5 Å². The topological polar surface area (TPSA) is 351 Å². The third-order valence-electron chi connectivity index (χ3n) is 27.3. The van der Waals surface area contributed by atoms with E-state index in [9.17, 15) is 59.7 Å². The number of esters is 1. The Morgan fingerprint density at radius 2 is 0.913 bits per heavy atom. The summed E-state index contributed by atoms with van der Waals surface area (Å²) in [6.45, 7) is 20.9. The van der Waals surface area contributed by atoms with Crippen LogP contribution in [-0.2, 0) is 65.2 Å². The molecule has 29 heteroatoms. The lowest BCUT2D eigenvalue weighted by atomic mass is 9.64. The lowest BCUT2D eigenvalue weighted by molar-refractivity contribution is -0.159. The summed E-state index contributed by atoms with van der Waals surface area (Å²) in [6.07, 6.45) is -0.219. The number of rotatable bonds is 17. The molecule has 668 valence electrons. The zero-order chi connectivity index (χ0) is 90.7. The van der Waals surface area contributed by atoms with Crippen LogP contribution in [0.2, 0.25) is 0 Å². The van der Waals surface area contributed by atoms with Crippen LogP contribution in [0.5, 0.6) is 11.5 Å². The molecule has 6 N–H and O–H groups in total. The van der Waals surface area contributed by atoms with Gasteiger partial charge in [-0.15, -0.1) is 0 Å². The van der Waals surface area contributed by atoms with Crippen molar-refractivity contribution >= 4 is 59.2 Å². The number of piperazine rings is 2. The van der Waals surface area contributed by atoms with E-state index >= 15 is 0 Å². The van der Waals surface area contributed by atoms with Gasteiger partial charge < -0.3 is 73.7 Å². The average molecular weight is 1770 g/mol. The molecule has 18 rings (SSSR count). The van der Waals surface area contributed by atoms with Crippen molar-refractivity contribution in [2.75, 3.05) is 78.1 Å². The number of fused-ring (bicyclic) bond motifs is 22. The van der Waals surface area contributed by atoms with Crippen LogP contribution in [0.25, 0.3) is 22.3 Å². The summed E-state index contributed by atoms with van der Waals surface area (Å²) in [5.41, 5.74) is 13.8. The summed E-state index contributed by atoms with van der Waals surface area (Å²) >= 11 is 3.04. The predicted octanol–water partition coefficient (Wildman–Crippen LogP) is 12.3. The highest BCUT2D eigenvalue weighted by Gasteiger charge is 2.67. The smallest absolute Gasteiger partial charge is 0.408 e. The van der Waals surface area contributed by atoms with E-state index in [0.29, 0.717) is 41.3 Å². The molecule has 0 radical (unpaired) electrons. The van der Waals surface area contributed by atoms with Gasteiger partial charge in [-0.2, -0.15) is 34.0 Å². The second-order valence-electron chi connectivity index (χ2n) is 36.9. The first-order valence-corrected chi connectivity index (χ1v) is 45.4. The number of amides is 2. The van der Waals surface area contributed by atoms with Gasteiger partial charge in [0.15, 0.2) is 45.8 Å². The van der Waals surface area contributed by atoms with Crippen molar-refractivity contribution in [3.8, 4) is 45.9 Å². The summed E-state index contributed by atoms with van der Waals surface area (Å²) in [7, 11) is 7.32. The maximum absolute atomic E-state index is 14.5. The number of ether oxygens (including phenoxy) is 9. The molecule has 8 aliphatic heterocycles. The number of carbonyl (C=O) groups is 6. The van der Waals surface area contributed by atoms with Crippen LogP contribution in [0.1, 0.15) is 159 Å². The second kappa shape index (κ2) is 34.7. The molecular formula is C98H110N8O19S2. The average Bonchev–Trinajstić information content (AvgIpc) is 1.63. The number of hydrogen-bond acceptors (Lipinski definition) is 26. The van der Waals surface area contributed by atoms with E-state index in [1.807, 2.05) is 100 Å². The third-order valence-corrected chi connectivity index (χ3v) is 29.6. The summed E-state index contributed by atoms with van der Waals surface area (Å²) in [4.78, 5) is 87.9. The molecule has 0 saturated carbocycles. The number of methoxy groups -OCH3 is 2. The predicted molar refractivity (Wildman–Crippen MR) is 475 cm³/mol. The second-order valence-corrected chi connectivity index (χ2v) is 39.0. The first kappa shape index (κ1) is 89.7. The quantitative estimate of drug-likeness (QED) is 0.0365. The zero-order valence-electron chi connectivity index (χ0n) is 74.4. The van der Waals surface area contributed by atoms with Gasteiger partial charge in [-0.1, -0.05) is 109 Å². The summed E-state index contributed by atoms with van der Waals surface area (Å²) in [5.74, 6) is 2.03. The van der Waals surface area contributed by atoms with E-state index in [2.05, 4.69) is 93.2 Å². The number of nitrogens with one attached hydrogen (secondary N) is 2. The number of thioether (sulfide) groups is 2. The van der Waals surface area contributed by atoms with Crippen molar-refractivity contribution in [2.24, 2.45) is 0 Å². The molecule has 6 saturated heterocycles. The molecule has 6 aromatic carbocycles. The summed E-state index contributed by atoms with van der Waals surface area (Å²) < 4.78 is 51.9. The Balaban J connectivity index is 0.000000156. The largest absolute Gasteiger partial charge is 0.496 e. The van der Waals surface area contributed by atoms with Crippen LogP contribution in [0.4, 0.5) is 9.59 Å². The van der Waals surface area contributed by atoms with Crippen LogP contribution in [-0.4, -0.2) is 237 Å². The van der Waals surface area contributed by atoms with E-state index in [0.717, 1.165) is 61.8 Å². The minimum atomic E-state index is -2.07. The summed E-state index contributed by atoms with van der Waals surface area (Å²) in [5, 5.41) is 71.9. The number of benzene rings is 6. The number of piperidine rings is 2. The molecular weight excluding hydrogens is 1660 g/mol. The Morgan fingerprint density at radius 1 is 0.551 bits per heavy atom. The van der Waals surface area contributed by atoms with Crippen LogP contribution < -0.4 is 20.1 Å². The molecule has 6 unspecified atom stereocenters. The van der Waals surface area contributed by atoms with Crippen LogP contribution in [0, 0.1) is 50.4 Å². The van der Waals surface area contributed by atoms with E-state index in [4.69, 9.17) is 42.6 Å². The minimum absolute atomic E-state index is 0.0506. The van der Waals surface area contributed by atoms with Gasteiger partial charge in [0.25, 0.3) is 0 Å². The Morgan fingerprint density at radius 3 is 1.28 bits per heavy atom. The SMILES string of the molecule is CC(C)(C)OC(=O)NC(CSCC1c2ccccc2-c2ccccc21)C(=O)O.COc1c(C)cc2c(c1C)[C@@H]1C3CC4(O)C(=O)C(C)=C5OCOC5=C4[C@H](CO)N3[C@@H](C#N)[C@H](C2)N1C.COc1c(C)cc2c(c1C)[C@@H]1C3CC4(O)C(=O)C(C)=C5OCOC5=C4[C@H](COC(=O)C(CSCC4c5ccccc5-c5ccccc54)NC(=O)OC(C)(C)C)N3[C@@H](C#N)[C@H](C2)N1C. The molecule has 0 spiro atoms. The fraction of sp³-hybridized carbons (Fsp3) is 0.469. The lowest BCUT2D eigenvalue weighted by Gasteiger charge is -2.62. The molecule has 12 aliphatic rings. The molecule has 6 fully saturated rings. The molecule has 4 bridgehead atoms. The van der Waals surface area contributed by atoms with Gasteiger partial charge in [0.05, 0.1) is 57.1 Å². The molecule has 0 aromatic heterocycles. The van der Waals surface area contributed by atoms with E-state index in [-0.39, 0.29) is 110 Å². The number of likely N-dealkylation sites (N-methyl/N-ethyl adjacent to an activating group) is 2. The number of aryl methyl sites for hydroxylation is 2. The normalized spacial score (nSPS) is 26.2.